The molecule has 0 radical (unpaired) electrons. The van der Waals surface area contributed by atoms with Crippen LogP contribution in [0.15, 0.2) is 24.3 Å². The van der Waals surface area contributed by atoms with Gasteiger partial charge in [0.15, 0.2) is 0 Å². The summed E-state index contributed by atoms with van der Waals surface area (Å²) in [7, 11) is 1.40. The number of hydrogen-bond acceptors (Lipinski definition) is 4. The highest BCUT2D eigenvalue weighted by Gasteiger charge is 2.65. The maximum atomic E-state index is 12.9. The lowest BCUT2D eigenvalue weighted by Gasteiger charge is -2.35. The second-order valence-electron chi connectivity index (χ2n) is 6.07. The molecule has 5 heteroatoms. The molecule has 0 saturated carbocycles. The maximum absolute atomic E-state index is 12.9. The summed E-state index contributed by atoms with van der Waals surface area (Å²) in [5.41, 5.74) is 0.879. The van der Waals surface area contributed by atoms with Gasteiger partial charge >= 0.3 is 5.97 Å². The van der Waals surface area contributed by atoms with Crippen molar-refractivity contribution in [2.24, 2.45) is 5.92 Å². The molecule has 0 bridgehead atoms. The molecule has 1 spiro atoms. The number of carbonyl (C=O) groups excluding carboxylic acids is 2. The number of nitrogens with zero attached hydrogens (tertiary/aromatic N) is 1. The fourth-order valence-corrected chi connectivity index (χ4v) is 4.49. The van der Waals surface area contributed by atoms with Crippen molar-refractivity contribution >= 4 is 17.6 Å². The monoisotopic (exact) mass is 286 g/mol. The van der Waals surface area contributed by atoms with Crippen LogP contribution in [0.25, 0.3) is 0 Å². The lowest BCUT2D eigenvalue weighted by molar-refractivity contribution is -0.152. The van der Waals surface area contributed by atoms with Crippen molar-refractivity contribution in [2.75, 3.05) is 19.0 Å². The number of ether oxygens (including phenoxy) is 1. The standard InChI is InChI=1S/C16H18N2O3/c1-21-14(19)12-9-10-5-4-8-18(10)16(12)11-6-2-3-7-13(11)17-15(16)20/h2-3,6-7,10,12H,4-5,8-9H2,1H3,(H,17,20)/t10-,12-,16-/m1/s1. The third-order valence-electron chi connectivity index (χ3n) is 5.26. The second kappa shape index (κ2) is 4.31. The van der Waals surface area contributed by atoms with Crippen LogP contribution in [0.3, 0.4) is 0 Å². The van der Waals surface area contributed by atoms with E-state index in [0.29, 0.717) is 12.5 Å². The molecule has 1 amide bonds. The molecule has 1 N–H and O–H groups in total. The van der Waals surface area contributed by atoms with Gasteiger partial charge in [-0.05, 0) is 31.9 Å². The average Bonchev–Trinajstić information content (AvgIpc) is 3.13. The molecule has 0 unspecified atom stereocenters. The van der Waals surface area contributed by atoms with E-state index in [1.54, 1.807) is 0 Å². The maximum Gasteiger partial charge on any atom is 0.311 e. The number of anilines is 1. The minimum absolute atomic E-state index is 0.0801. The number of rotatable bonds is 1. The molecule has 21 heavy (non-hydrogen) atoms. The third-order valence-corrected chi connectivity index (χ3v) is 5.26. The Bertz CT molecular complexity index is 630. The van der Waals surface area contributed by atoms with Gasteiger partial charge in [0.2, 0.25) is 0 Å². The number of carbonyl (C=O) groups is 2. The van der Waals surface area contributed by atoms with Gasteiger partial charge in [-0.1, -0.05) is 18.2 Å². The molecule has 3 aliphatic heterocycles. The van der Waals surface area contributed by atoms with Crippen LogP contribution in [0.1, 0.15) is 24.8 Å². The summed E-state index contributed by atoms with van der Waals surface area (Å²) in [5, 5.41) is 2.96. The first-order chi connectivity index (χ1) is 10.2. The summed E-state index contributed by atoms with van der Waals surface area (Å²) in [4.78, 5) is 27.4. The number of esters is 1. The van der Waals surface area contributed by atoms with Crippen LogP contribution < -0.4 is 5.32 Å². The first-order valence-electron chi connectivity index (χ1n) is 7.45. The van der Waals surface area contributed by atoms with Gasteiger partial charge in [0.25, 0.3) is 5.91 Å². The molecule has 4 rings (SSSR count). The lowest BCUT2D eigenvalue weighted by atomic mass is 9.79. The number of amides is 1. The highest BCUT2D eigenvalue weighted by atomic mass is 16.5. The van der Waals surface area contributed by atoms with Crippen LogP contribution in [0.5, 0.6) is 0 Å². The predicted octanol–water partition coefficient (Wildman–Crippen LogP) is 1.49. The molecule has 2 saturated heterocycles. The minimum Gasteiger partial charge on any atom is -0.469 e. The summed E-state index contributed by atoms with van der Waals surface area (Å²) in [6.07, 6.45) is 2.83. The summed E-state index contributed by atoms with van der Waals surface area (Å²) in [6.45, 7) is 0.861. The van der Waals surface area contributed by atoms with E-state index in [0.717, 1.165) is 30.6 Å². The zero-order valence-corrected chi connectivity index (χ0v) is 12.0. The van der Waals surface area contributed by atoms with E-state index in [-0.39, 0.29) is 11.9 Å². The highest BCUT2D eigenvalue weighted by molar-refractivity contribution is 6.08. The van der Waals surface area contributed by atoms with Gasteiger partial charge in [0.05, 0.1) is 13.0 Å². The van der Waals surface area contributed by atoms with Crippen molar-refractivity contribution in [1.29, 1.82) is 0 Å². The normalized spacial score (nSPS) is 33.9. The summed E-state index contributed by atoms with van der Waals surface area (Å²) >= 11 is 0. The van der Waals surface area contributed by atoms with Gasteiger partial charge in [-0.25, -0.2) is 0 Å². The first-order valence-corrected chi connectivity index (χ1v) is 7.45. The van der Waals surface area contributed by atoms with Gasteiger partial charge in [0, 0.05) is 17.3 Å². The predicted molar refractivity (Wildman–Crippen MR) is 76.6 cm³/mol. The second-order valence-corrected chi connectivity index (χ2v) is 6.07. The molecular formula is C16H18N2O3. The number of hydrogen-bond donors (Lipinski definition) is 1. The fourth-order valence-electron chi connectivity index (χ4n) is 4.49. The molecule has 1 aromatic rings. The lowest BCUT2D eigenvalue weighted by Crippen LogP contribution is -2.52. The van der Waals surface area contributed by atoms with E-state index in [4.69, 9.17) is 4.74 Å². The van der Waals surface area contributed by atoms with Crippen molar-refractivity contribution in [1.82, 2.24) is 4.90 Å². The van der Waals surface area contributed by atoms with Crippen LogP contribution in [-0.2, 0) is 19.9 Å². The molecule has 1 aromatic carbocycles. The van der Waals surface area contributed by atoms with E-state index in [1.165, 1.54) is 7.11 Å². The molecule has 3 atom stereocenters. The topological polar surface area (TPSA) is 58.6 Å². The van der Waals surface area contributed by atoms with E-state index in [9.17, 15) is 9.59 Å². The SMILES string of the molecule is COC(=O)[C@H]1C[C@H]2CCCN2[C@@]12C(=O)Nc1ccccc12. The van der Waals surface area contributed by atoms with Crippen molar-refractivity contribution < 1.29 is 14.3 Å². The minimum atomic E-state index is -0.870. The number of nitrogens with one attached hydrogen (secondary N) is 1. The Balaban J connectivity index is 1.93. The van der Waals surface area contributed by atoms with E-state index < -0.39 is 11.5 Å². The van der Waals surface area contributed by atoms with Gasteiger partial charge in [-0.15, -0.1) is 0 Å². The van der Waals surface area contributed by atoms with E-state index in [1.807, 2.05) is 24.3 Å². The van der Waals surface area contributed by atoms with Crippen LogP contribution in [0.2, 0.25) is 0 Å². The Labute approximate surface area is 123 Å². The largest absolute Gasteiger partial charge is 0.469 e. The number of benzene rings is 1. The zero-order chi connectivity index (χ0) is 14.6. The van der Waals surface area contributed by atoms with Crippen LogP contribution in [-0.4, -0.2) is 36.5 Å². The van der Waals surface area contributed by atoms with Crippen LogP contribution in [0, 0.1) is 5.92 Å². The third kappa shape index (κ3) is 1.44. The highest BCUT2D eigenvalue weighted by Crippen LogP contribution is 2.55. The van der Waals surface area contributed by atoms with E-state index >= 15 is 0 Å². The van der Waals surface area contributed by atoms with Gasteiger partial charge < -0.3 is 10.1 Å². The van der Waals surface area contributed by atoms with Crippen LogP contribution in [0.4, 0.5) is 5.69 Å². The first kappa shape index (κ1) is 12.8. The quantitative estimate of drug-likeness (QED) is 0.795. The molecule has 0 aliphatic carbocycles. The summed E-state index contributed by atoms with van der Waals surface area (Å²) in [5.74, 6) is -0.781. The molecule has 0 aromatic heterocycles. The van der Waals surface area contributed by atoms with Crippen molar-refractivity contribution in [2.45, 2.75) is 30.8 Å². The number of para-hydroxylation sites is 1. The Morgan fingerprint density at radius 1 is 1.43 bits per heavy atom. The number of methoxy groups -OCH3 is 1. The zero-order valence-electron chi connectivity index (χ0n) is 12.0. The molecular weight excluding hydrogens is 268 g/mol. The molecule has 3 aliphatic rings. The van der Waals surface area contributed by atoms with Gasteiger partial charge in [0.1, 0.15) is 5.54 Å². The summed E-state index contributed by atoms with van der Waals surface area (Å²) < 4.78 is 5.00. The Morgan fingerprint density at radius 2 is 2.24 bits per heavy atom. The van der Waals surface area contributed by atoms with E-state index in [2.05, 4.69) is 10.2 Å². The average molecular weight is 286 g/mol. The summed E-state index contributed by atoms with van der Waals surface area (Å²) in [6, 6.07) is 8.00. The van der Waals surface area contributed by atoms with Crippen LogP contribution >= 0.6 is 0 Å². The molecule has 3 heterocycles. The van der Waals surface area contributed by atoms with Gasteiger partial charge in [-0.2, -0.15) is 0 Å². The van der Waals surface area contributed by atoms with Crippen molar-refractivity contribution in [3.8, 4) is 0 Å². The number of fused-ring (bicyclic) bond motifs is 4. The molecule has 5 nitrogen and oxygen atoms in total. The van der Waals surface area contributed by atoms with Crippen molar-refractivity contribution in [3.05, 3.63) is 29.8 Å². The van der Waals surface area contributed by atoms with Crippen molar-refractivity contribution in [3.63, 3.8) is 0 Å². The smallest absolute Gasteiger partial charge is 0.311 e. The Morgan fingerprint density at radius 3 is 3.05 bits per heavy atom. The fraction of sp³-hybridized carbons (Fsp3) is 0.500. The van der Waals surface area contributed by atoms with Gasteiger partial charge in [-0.3, -0.25) is 14.5 Å². The molecule has 2 fully saturated rings. The Kier molecular flexibility index (Phi) is 2.63. The Hall–Kier alpha value is -1.88. The molecule has 110 valence electrons.